The fourth-order valence-corrected chi connectivity index (χ4v) is 3.03. The highest BCUT2D eigenvalue weighted by molar-refractivity contribution is 7.14. The molecule has 1 aromatic rings. The summed E-state index contributed by atoms with van der Waals surface area (Å²) in [6, 6.07) is 0. The van der Waals surface area contributed by atoms with Crippen molar-refractivity contribution < 1.29 is 41.0 Å². The Labute approximate surface area is 165 Å². The molecule has 2 rings (SSSR count). The number of amides is 1. The molecule has 1 N–H and O–H groups in total. The number of halogens is 6. The van der Waals surface area contributed by atoms with Gasteiger partial charge in [0.05, 0.1) is 11.2 Å². The van der Waals surface area contributed by atoms with Crippen LogP contribution < -0.4 is 4.90 Å². The first kappa shape index (κ1) is 24.5. The van der Waals surface area contributed by atoms with Crippen molar-refractivity contribution >= 4 is 28.2 Å². The molecule has 6 nitrogen and oxygen atoms in total. The summed E-state index contributed by atoms with van der Waals surface area (Å²) < 4.78 is 69.2. The lowest BCUT2D eigenvalue weighted by atomic mass is 10.3. The van der Waals surface area contributed by atoms with Crippen LogP contribution in [0.5, 0.6) is 0 Å². The molecule has 29 heavy (non-hydrogen) atoms. The average Bonchev–Trinajstić information content (AvgIpc) is 3.03. The summed E-state index contributed by atoms with van der Waals surface area (Å²) >= 11 is 1.53. The monoisotopic (exact) mass is 445 g/mol. The molecular formula is C16H17F6N3O3S. The van der Waals surface area contributed by atoms with Crippen molar-refractivity contribution in [3.63, 3.8) is 0 Å². The second-order valence-electron chi connectivity index (χ2n) is 5.64. The summed E-state index contributed by atoms with van der Waals surface area (Å²) in [6.45, 7) is 3.95. The summed E-state index contributed by atoms with van der Waals surface area (Å²) in [6.07, 6.45) is -8.70. The lowest BCUT2D eigenvalue weighted by molar-refractivity contribution is -0.132. The van der Waals surface area contributed by atoms with Gasteiger partial charge in [-0.3, -0.25) is 4.79 Å². The number of nitrogens with zero attached hydrogens (tertiary/aromatic N) is 3. The third-order valence-electron chi connectivity index (χ3n) is 3.43. The quantitative estimate of drug-likeness (QED) is 0.570. The molecule has 0 bridgehead atoms. The Balaban J connectivity index is 0.000000396. The number of thiazole rings is 1. The lowest BCUT2D eigenvalue weighted by Gasteiger charge is -2.35. The minimum absolute atomic E-state index is 0.0188. The molecule has 1 aliphatic rings. The molecular weight excluding hydrogens is 428 g/mol. The van der Waals surface area contributed by atoms with Crippen molar-refractivity contribution in [1.29, 1.82) is 0 Å². The Morgan fingerprint density at radius 1 is 1.03 bits per heavy atom. The SMILES string of the molecule is Cc1ncsc1N1CCN(C(=O)/C=C/C(F)(F)F)CC1.O=C(O)/C=C/C(F)(F)F. The molecule has 1 fully saturated rings. The molecule has 1 aliphatic heterocycles. The molecule has 2 heterocycles. The zero-order valence-electron chi connectivity index (χ0n) is 15.0. The normalized spacial score (nSPS) is 15.6. The number of aryl methyl sites for hydroxylation is 1. The number of anilines is 1. The van der Waals surface area contributed by atoms with Gasteiger partial charge in [0.25, 0.3) is 0 Å². The molecule has 0 spiro atoms. The lowest BCUT2D eigenvalue weighted by Crippen LogP contribution is -2.48. The molecule has 13 heteroatoms. The van der Waals surface area contributed by atoms with Crippen LogP contribution in [0.15, 0.2) is 29.8 Å². The number of aromatic nitrogens is 1. The Morgan fingerprint density at radius 2 is 1.55 bits per heavy atom. The van der Waals surface area contributed by atoms with Crippen LogP contribution in [0.2, 0.25) is 0 Å². The summed E-state index contributed by atoms with van der Waals surface area (Å²) in [4.78, 5) is 28.8. The van der Waals surface area contributed by atoms with Gasteiger partial charge in [-0.05, 0) is 6.92 Å². The van der Waals surface area contributed by atoms with Crippen LogP contribution in [-0.2, 0) is 9.59 Å². The number of carbonyl (C=O) groups excluding carboxylic acids is 1. The van der Waals surface area contributed by atoms with Crippen LogP contribution in [0, 0.1) is 6.92 Å². The first-order valence-corrected chi connectivity index (χ1v) is 8.85. The third-order valence-corrected chi connectivity index (χ3v) is 4.42. The Hall–Kier alpha value is -2.57. The van der Waals surface area contributed by atoms with Gasteiger partial charge in [0.15, 0.2) is 0 Å². The number of hydrogen-bond donors (Lipinski definition) is 1. The number of rotatable bonds is 3. The molecule has 0 unspecified atom stereocenters. The zero-order valence-corrected chi connectivity index (χ0v) is 15.8. The maximum atomic E-state index is 12.0. The summed E-state index contributed by atoms with van der Waals surface area (Å²) in [5.41, 5.74) is 2.69. The van der Waals surface area contributed by atoms with Crippen LogP contribution in [0.1, 0.15) is 5.69 Å². The van der Waals surface area contributed by atoms with Crippen molar-refractivity contribution in [3.8, 4) is 0 Å². The molecule has 162 valence electrons. The van der Waals surface area contributed by atoms with Crippen molar-refractivity contribution in [2.75, 3.05) is 31.1 Å². The maximum Gasteiger partial charge on any atom is 0.410 e. The van der Waals surface area contributed by atoms with E-state index in [0.29, 0.717) is 32.3 Å². The first-order chi connectivity index (χ1) is 13.3. The Morgan fingerprint density at radius 3 is 1.93 bits per heavy atom. The number of alkyl halides is 6. The molecule has 1 amide bonds. The number of hydrogen-bond acceptors (Lipinski definition) is 5. The molecule has 0 saturated carbocycles. The summed E-state index contributed by atoms with van der Waals surface area (Å²) in [5.74, 6) is -2.20. The standard InChI is InChI=1S/C12H14F3N3OS.C4H3F3O2/c1-9-11(20-8-16-9)18-6-4-17(5-7-18)10(19)2-3-12(13,14)15;5-4(6,7)2-1-3(8)9/h2-3,8H,4-7H2,1H3;1-2H,(H,8,9)/b3-2+;2-1+. The second-order valence-corrected chi connectivity index (χ2v) is 6.48. The number of carboxylic acid groups (broad SMARTS) is 1. The van der Waals surface area contributed by atoms with E-state index < -0.39 is 24.2 Å². The average molecular weight is 445 g/mol. The van der Waals surface area contributed by atoms with Crippen LogP contribution in [0.3, 0.4) is 0 Å². The fourth-order valence-electron chi connectivity index (χ4n) is 2.17. The third kappa shape index (κ3) is 9.96. The highest BCUT2D eigenvalue weighted by Gasteiger charge is 2.25. The van der Waals surface area contributed by atoms with Crippen molar-refractivity contribution in [2.24, 2.45) is 0 Å². The van der Waals surface area contributed by atoms with E-state index in [4.69, 9.17) is 5.11 Å². The van der Waals surface area contributed by atoms with E-state index in [1.54, 1.807) is 5.51 Å². The topological polar surface area (TPSA) is 73.7 Å². The van der Waals surface area contributed by atoms with Crippen molar-refractivity contribution in [3.05, 3.63) is 35.5 Å². The van der Waals surface area contributed by atoms with Gasteiger partial charge in [-0.2, -0.15) is 26.3 Å². The largest absolute Gasteiger partial charge is 0.478 e. The minimum atomic E-state index is -4.53. The first-order valence-electron chi connectivity index (χ1n) is 7.97. The van der Waals surface area contributed by atoms with E-state index in [1.165, 1.54) is 16.2 Å². The summed E-state index contributed by atoms with van der Waals surface area (Å²) in [5, 5.41) is 8.75. The van der Waals surface area contributed by atoms with E-state index in [9.17, 15) is 35.9 Å². The highest BCUT2D eigenvalue weighted by atomic mass is 32.1. The van der Waals surface area contributed by atoms with Crippen molar-refractivity contribution in [1.82, 2.24) is 9.88 Å². The fraction of sp³-hybridized carbons (Fsp3) is 0.438. The number of carbonyl (C=O) groups is 2. The van der Waals surface area contributed by atoms with Crippen molar-refractivity contribution in [2.45, 2.75) is 19.3 Å². The molecule has 1 saturated heterocycles. The Bertz CT molecular complexity index is 750. The molecule has 0 aliphatic carbocycles. The predicted molar refractivity (Wildman–Crippen MR) is 93.7 cm³/mol. The zero-order chi connectivity index (χ0) is 22.2. The maximum absolute atomic E-state index is 12.0. The number of aliphatic carboxylic acids is 1. The number of carboxylic acids is 1. The smallest absolute Gasteiger partial charge is 0.410 e. The summed E-state index contributed by atoms with van der Waals surface area (Å²) in [7, 11) is 0. The Kier molecular flexibility index (Phi) is 8.67. The second kappa shape index (κ2) is 10.3. The van der Waals surface area contributed by atoms with E-state index in [2.05, 4.69) is 9.88 Å². The van der Waals surface area contributed by atoms with Crippen LogP contribution >= 0.6 is 11.3 Å². The molecule has 0 aromatic carbocycles. The number of piperazine rings is 1. The van der Waals surface area contributed by atoms with Gasteiger partial charge in [-0.15, -0.1) is 11.3 Å². The van der Waals surface area contributed by atoms with Gasteiger partial charge in [-0.25, -0.2) is 9.78 Å². The van der Waals surface area contributed by atoms with Gasteiger partial charge in [-0.1, -0.05) is 0 Å². The van der Waals surface area contributed by atoms with Crippen LogP contribution in [0.25, 0.3) is 0 Å². The van der Waals surface area contributed by atoms with E-state index >= 15 is 0 Å². The van der Waals surface area contributed by atoms with Gasteiger partial charge in [0, 0.05) is 50.5 Å². The van der Waals surface area contributed by atoms with Crippen LogP contribution in [0.4, 0.5) is 31.3 Å². The molecule has 1 aromatic heterocycles. The molecule has 0 atom stereocenters. The van der Waals surface area contributed by atoms with Gasteiger partial charge in [0.1, 0.15) is 5.00 Å². The predicted octanol–water partition coefficient (Wildman–Crippen LogP) is 3.41. The van der Waals surface area contributed by atoms with E-state index in [1.807, 2.05) is 6.92 Å². The minimum Gasteiger partial charge on any atom is -0.478 e. The van der Waals surface area contributed by atoms with E-state index in [-0.39, 0.29) is 18.2 Å². The van der Waals surface area contributed by atoms with Gasteiger partial charge in [0.2, 0.25) is 5.91 Å². The highest BCUT2D eigenvalue weighted by Crippen LogP contribution is 2.25. The molecule has 0 radical (unpaired) electrons. The van der Waals surface area contributed by atoms with Gasteiger partial charge >= 0.3 is 18.3 Å². The van der Waals surface area contributed by atoms with E-state index in [0.717, 1.165) is 10.7 Å². The number of allylic oxidation sites excluding steroid dienone is 2. The van der Waals surface area contributed by atoms with Gasteiger partial charge < -0.3 is 14.9 Å². The van der Waals surface area contributed by atoms with Crippen LogP contribution in [-0.4, -0.2) is 65.4 Å².